The highest BCUT2D eigenvalue weighted by Crippen LogP contribution is 2.24. The van der Waals surface area contributed by atoms with Gasteiger partial charge in [0, 0.05) is 13.0 Å². The molecule has 1 saturated heterocycles. The van der Waals surface area contributed by atoms with Gasteiger partial charge in [-0.25, -0.2) is 4.79 Å². The minimum absolute atomic E-state index is 0.148. The van der Waals surface area contributed by atoms with Gasteiger partial charge in [0.25, 0.3) is 0 Å². The van der Waals surface area contributed by atoms with Gasteiger partial charge in [0.05, 0.1) is 11.6 Å². The summed E-state index contributed by atoms with van der Waals surface area (Å²) < 4.78 is 0. The molecule has 4 nitrogen and oxygen atoms in total. The van der Waals surface area contributed by atoms with E-state index in [9.17, 15) is 9.59 Å². The standard InChI is InChI=1S/C23H31NO3/c1-17(16-23(2,3)4)6-5-7-20-12-13-21(25)24(20)15-14-18-8-10-19(11-9-18)22(26)27/h5-11,20H,12-16H2,1-4H3,(H,26,27)/b7-5-,17-6+/t20-/m0/s1. The Bertz CT molecular complexity index is 723. The van der Waals surface area contributed by atoms with Crippen molar-refractivity contribution in [1.29, 1.82) is 0 Å². The summed E-state index contributed by atoms with van der Waals surface area (Å²) in [6, 6.07) is 7.03. The van der Waals surface area contributed by atoms with Crippen molar-refractivity contribution in [1.82, 2.24) is 4.90 Å². The molecular formula is C23H31NO3. The molecular weight excluding hydrogens is 338 g/mol. The summed E-state index contributed by atoms with van der Waals surface area (Å²) in [5, 5.41) is 8.97. The fourth-order valence-electron chi connectivity index (χ4n) is 3.55. The number of nitrogens with zero attached hydrogens (tertiary/aromatic N) is 1. The van der Waals surface area contributed by atoms with Crippen LogP contribution >= 0.6 is 0 Å². The van der Waals surface area contributed by atoms with Crippen LogP contribution < -0.4 is 0 Å². The summed E-state index contributed by atoms with van der Waals surface area (Å²) in [5.74, 6) is -0.724. The van der Waals surface area contributed by atoms with Gasteiger partial charge in [-0.3, -0.25) is 4.79 Å². The lowest BCUT2D eigenvalue weighted by Crippen LogP contribution is -2.33. The van der Waals surface area contributed by atoms with E-state index in [0.29, 0.717) is 13.0 Å². The quantitative estimate of drug-likeness (QED) is 0.699. The zero-order valence-corrected chi connectivity index (χ0v) is 16.9. The number of carbonyl (C=O) groups is 2. The van der Waals surface area contributed by atoms with E-state index in [1.807, 2.05) is 17.0 Å². The first kappa shape index (κ1) is 20.9. The molecule has 0 aromatic heterocycles. The van der Waals surface area contributed by atoms with Gasteiger partial charge < -0.3 is 10.0 Å². The molecule has 1 amide bonds. The molecule has 0 unspecified atom stereocenters. The van der Waals surface area contributed by atoms with Crippen LogP contribution in [0.5, 0.6) is 0 Å². The monoisotopic (exact) mass is 369 g/mol. The molecule has 0 spiro atoms. The predicted molar refractivity (Wildman–Crippen MR) is 109 cm³/mol. The molecule has 0 bridgehead atoms. The van der Waals surface area contributed by atoms with Crippen LogP contribution in [0.3, 0.4) is 0 Å². The summed E-state index contributed by atoms with van der Waals surface area (Å²) in [6.45, 7) is 9.50. The molecule has 2 rings (SSSR count). The van der Waals surface area contributed by atoms with Gasteiger partial charge in [-0.15, -0.1) is 0 Å². The minimum atomic E-state index is -0.920. The van der Waals surface area contributed by atoms with Crippen molar-refractivity contribution in [3.63, 3.8) is 0 Å². The van der Waals surface area contributed by atoms with Crippen molar-refractivity contribution < 1.29 is 14.7 Å². The van der Waals surface area contributed by atoms with Gasteiger partial charge in [0.15, 0.2) is 0 Å². The molecule has 1 atom stereocenters. The second-order valence-corrected chi connectivity index (χ2v) is 8.58. The van der Waals surface area contributed by atoms with E-state index in [-0.39, 0.29) is 22.9 Å². The molecule has 1 aliphatic rings. The maximum absolute atomic E-state index is 12.2. The Labute approximate surface area is 162 Å². The molecule has 1 aliphatic heterocycles. The molecule has 146 valence electrons. The summed E-state index contributed by atoms with van der Waals surface area (Å²) in [4.78, 5) is 25.1. The zero-order chi connectivity index (χ0) is 20.0. The predicted octanol–water partition coefficient (Wildman–Crippen LogP) is 4.86. The number of benzene rings is 1. The highest BCUT2D eigenvalue weighted by molar-refractivity contribution is 5.87. The van der Waals surface area contributed by atoms with E-state index in [0.717, 1.165) is 24.8 Å². The Morgan fingerprint density at radius 2 is 1.93 bits per heavy atom. The number of amides is 1. The molecule has 1 N–H and O–H groups in total. The van der Waals surface area contributed by atoms with Crippen molar-refractivity contribution in [3.05, 3.63) is 59.2 Å². The average molecular weight is 370 g/mol. The van der Waals surface area contributed by atoms with Gasteiger partial charge in [0.2, 0.25) is 5.91 Å². The summed E-state index contributed by atoms with van der Waals surface area (Å²) in [5.41, 5.74) is 2.95. The van der Waals surface area contributed by atoms with Crippen molar-refractivity contribution in [2.45, 2.75) is 59.4 Å². The van der Waals surface area contributed by atoms with Crippen LogP contribution in [0.25, 0.3) is 0 Å². The van der Waals surface area contributed by atoms with Gasteiger partial charge in [-0.05, 0) is 49.3 Å². The summed E-state index contributed by atoms with van der Waals surface area (Å²) >= 11 is 0. The molecule has 0 aliphatic carbocycles. The number of carboxylic acids is 1. The fourth-order valence-corrected chi connectivity index (χ4v) is 3.55. The van der Waals surface area contributed by atoms with Crippen molar-refractivity contribution in [2.24, 2.45) is 5.41 Å². The third-order valence-corrected chi connectivity index (χ3v) is 4.74. The topological polar surface area (TPSA) is 57.6 Å². The van der Waals surface area contributed by atoms with Gasteiger partial charge in [0.1, 0.15) is 0 Å². The molecule has 4 heteroatoms. The highest BCUT2D eigenvalue weighted by Gasteiger charge is 2.28. The second kappa shape index (κ2) is 9.03. The van der Waals surface area contributed by atoms with Gasteiger partial charge in [-0.2, -0.15) is 0 Å². The van der Waals surface area contributed by atoms with E-state index < -0.39 is 5.97 Å². The second-order valence-electron chi connectivity index (χ2n) is 8.58. The van der Waals surface area contributed by atoms with Crippen LogP contribution in [0.2, 0.25) is 0 Å². The van der Waals surface area contributed by atoms with Crippen LogP contribution in [0, 0.1) is 5.41 Å². The van der Waals surface area contributed by atoms with Crippen molar-refractivity contribution in [3.8, 4) is 0 Å². The number of aromatic carboxylic acids is 1. The van der Waals surface area contributed by atoms with Crippen LogP contribution in [0.15, 0.2) is 48.1 Å². The normalized spacial score (nSPS) is 18.5. The number of likely N-dealkylation sites (tertiary alicyclic amines) is 1. The van der Waals surface area contributed by atoms with E-state index in [1.165, 1.54) is 5.57 Å². The third kappa shape index (κ3) is 6.70. The average Bonchev–Trinajstić information content (AvgIpc) is 2.92. The number of carbonyl (C=O) groups excluding carboxylic acids is 1. The Morgan fingerprint density at radius 3 is 2.52 bits per heavy atom. The number of hydrogen-bond acceptors (Lipinski definition) is 2. The third-order valence-electron chi connectivity index (χ3n) is 4.74. The Kier molecular flexibility index (Phi) is 7.00. The van der Waals surface area contributed by atoms with Gasteiger partial charge in [-0.1, -0.05) is 56.7 Å². The first-order valence-electron chi connectivity index (χ1n) is 9.61. The van der Waals surface area contributed by atoms with Crippen LogP contribution in [0.4, 0.5) is 0 Å². The first-order valence-corrected chi connectivity index (χ1v) is 9.61. The summed E-state index contributed by atoms with van der Waals surface area (Å²) in [6.07, 6.45) is 9.60. The largest absolute Gasteiger partial charge is 0.478 e. The molecule has 1 aromatic carbocycles. The van der Waals surface area contributed by atoms with Crippen LogP contribution in [-0.2, 0) is 11.2 Å². The Morgan fingerprint density at radius 1 is 1.26 bits per heavy atom. The number of carboxylic acid groups (broad SMARTS) is 1. The van der Waals surface area contributed by atoms with E-state index in [1.54, 1.807) is 12.1 Å². The first-order chi connectivity index (χ1) is 12.7. The maximum atomic E-state index is 12.2. The minimum Gasteiger partial charge on any atom is -0.478 e. The number of allylic oxidation sites excluding steroid dienone is 3. The van der Waals surface area contributed by atoms with E-state index in [4.69, 9.17) is 5.11 Å². The van der Waals surface area contributed by atoms with Crippen LogP contribution in [-0.4, -0.2) is 34.5 Å². The lowest BCUT2D eigenvalue weighted by atomic mass is 9.88. The van der Waals surface area contributed by atoms with E-state index in [2.05, 4.69) is 45.9 Å². The number of rotatable bonds is 7. The van der Waals surface area contributed by atoms with Gasteiger partial charge >= 0.3 is 5.97 Å². The zero-order valence-electron chi connectivity index (χ0n) is 16.9. The van der Waals surface area contributed by atoms with Crippen molar-refractivity contribution in [2.75, 3.05) is 6.54 Å². The molecule has 0 saturated carbocycles. The lowest BCUT2D eigenvalue weighted by molar-refractivity contribution is -0.128. The van der Waals surface area contributed by atoms with Crippen molar-refractivity contribution >= 4 is 11.9 Å². The molecule has 1 aromatic rings. The van der Waals surface area contributed by atoms with Crippen LogP contribution in [0.1, 0.15) is 62.9 Å². The maximum Gasteiger partial charge on any atom is 0.335 e. The highest BCUT2D eigenvalue weighted by atomic mass is 16.4. The Hall–Kier alpha value is -2.36. The Balaban J connectivity index is 1.94. The number of hydrogen-bond donors (Lipinski definition) is 1. The molecule has 1 heterocycles. The smallest absolute Gasteiger partial charge is 0.335 e. The molecule has 0 radical (unpaired) electrons. The fraction of sp³-hybridized carbons (Fsp3) is 0.478. The SMILES string of the molecule is C/C(=C\C=C/[C@H]1CCC(=O)N1CCc1ccc(C(=O)O)cc1)CC(C)(C)C. The lowest BCUT2D eigenvalue weighted by Gasteiger charge is -2.22. The summed E-state index contributed by atoms with van der Waals surface area (Å²) in [7, 11) is 0. The van der Waals surface area contributed by atoms with E-state index >= 15 is 0 Å². The molecule has 1 fully saturated rings. The molecule has 27 heavy (non-hydrogen) atoms.